The average molecular weight is 321 g/mol. The summed E-state index contributed by atoms with van der Waals surface area (Å²) in [6, 6.07) is 13.9. The fourth-order valence-corrected chi connectivity index (χ4v) is 3.64. The Bertz CT molecular complexity index is 1080. The highest BCUT2D eigenvalue weighted by molar-refractivity contribution is 7.17. The van der Waals surface area contributed by atoms with Gasteiger partial charge >= 0.3 is 0 Å². The Morgan fingerprint density at radius 1 is 1.09 bits per heavy atom. The molecule has 0 bridgehead atoms. The van der Waals surface area contributed by atoms with Gasteiger partial charge in [0.15, 0.2) is 0 Å². The number of nitrogens with one attached hydrogen (secondary N) is 1. The number of fused-ring (bicyclic) bond motifs is 2. The van der Waals surface area contributed by atoms with Crippen LogP contribution in [-0.2, 0) is 0 Å². The summed E-state index contributed by atoms with van der Waals surface area (Å²) in [5.41, 5.74) is 2.56. The van der Waals surface area contributed by atoms with Gasteiger partial charge in [0.1, 0.15) is 5.82 Å². The van der Waals surface area contributed by atoms with Crippen molar-refractivity contribution in [3.63, 3.8) is 0 Å². The first-order chi connectivity index (χ1) is 11.1. The predicted molar refractivity (Wildman–Crippen MR) is 97.5 cm³/mol. The summed E-state index contributed by atoms with van der Waals surface area (Å²) < 4.78 is 1.19. The van der Waals surface area contributed by atoms with Gasteiger partial charge < -0.3 is 9.88 Å². The SMILES string of the molecule is CN(C)c1ccc2nc(-c3csc4ccccc34)[nH]c(=O)c2c1. The Kier molecular flexibility index (Phi) is 3.16. The van der Waals surface area contributed by atoms with Gasteiger partial charge in [0.25, 0.3) is 5.56 Å². The molecule has 5 heteroatoms. The van der Waals surface area contributed by atoms with Crippen molar-refractivity contribution in [2.24, 2.45) is 0 Å². The highest BCUT2D eigenvalue weighted by Crippen LogP contribution is 2.32. The van der Waals surface area contributed by atoms with E-state index in [0.29, 0.717) is 16.7 Å². The Labute approximate surface area is 137 Å². The summed E-state index contributed by atoms with van der Waals surface area (Å²) in [6.07, 6.45) is 0. The molecule has 4 aromatic rings. The molecule has 0 saturated heterocycles. The molecule has 0 spiro atoms. The number of aromatic nitrogens is 2. The second kappa shape index (κ2) is 5.21. The highest BCUT2D eigenvalue weighted by atomic mass is 32.1. The van der Waals surface area contributed by atoms with Crippen molar-refractivity contribution >= 4 is 38.0 Å². The number of hydrogen-bond acceptors (Lipinski definition) is 4. The van der Waals surface area contributed by atoms with Crippen LogP contribution in [0.25, 0.3) is 32.4 Å². The van der Waals surface area contributed by atoms with Crippen LogP contribution in [0.3, 0.4) is 0 Å². The second-order valence-electron chi connectivity index (χ2n) is 5.66. The lowest BCUT2D eigenvalue weighted by atomic mass is 10.1. The lowest BCUT2D eigenvalue weighted by Crippen LogP contribution is -2.12. The van der Waals surface area contributed by atoms with Crippen molar-refractivity contribution in [1.82, 2.24) is 9.97 Å². The van der Waals surface area contributed by atoms with E-state index in [9.17, 15) is 4.79 Å². The average Bonchev–Trinajstić information content (AvgIpc) is 2.98. The predicted octanol–water partition coefficient (Wildman–Crippen LogP) is 3.87. The number of hydrogen-bond donors (Lipinski definition) is 1. The highest BCUT2D eigenvalue weighted by Gasteiger charge is 2.11. The molecule has 0 amide bonds. The summed E-state index contributed by atoms with van der Waals surface area (Å²) in [7, 11) is 3.91. The molecule has 0 fully saturated rings. The Morgan fingerprint density at radius 3 is 2.74 bits per heavy atom. The zero-order valence-corrected chi connectivity index (χ0v) is 13.6. The molecule has 0 saturated carbocycles. The molecule has 4 nitrogen and oxygen atoms in total. The van der Waals surface area contributed by atoms with Crippen molar-refractivity contribution in [2.75, 3.05) is 19.0 Å². The molecule has 23 heavy (non-hydrogen) atoms. The molecule has 2 heterocycles. The summed E-state index contributed by atoms with van der Waals surface area (Å²) in [4.78, 5) is 22.1. The van der Waals surface area contributed by atoms with Gasteiger partial charge in [0.2, 0.25) is 0 Å². The van der Waals surface area contributed by atoms with E-state index in [1.54, 1.807) is 11.3 Å². The number of thiophene rings is 1. The molecule has 114 valence electrons. The fraction of sp³-hybridized carbons (Fsp3) is 0.111. The smallest absolute Gasteiger partial charge is 0.259 e. The molecule has 4 rings (SSSR count). The van der Waals surface area contributed by atoms with E-state index in [-0.39, 0.29) is 5.56 Å². The molecule has 0 radical (unpaired) electrons. The van der Waals surface area contributed by atoms with Gasteiger partial charge in [-0.15, -0.1) is 11.3 Å². The van der Waals surface area contributed by atoms with Crippen LogP contribution in [0, 0.1) is 0 Å². The maximum atomic E-state index is 12.5. The van der Waals surface area contributed by atoms with Crippen LogP contribution >= 0.6 is 11.3 Å². The van der Waals surface area contributed by atoms with E-state index >= 15 is 0 Å². The minimum absolute atomic E-state index is 0.107. The normalized spacial score (nSPS) is 11.2. The van der Waals surface area contributed by atoms with Crippen LogP contribution < -0.4 is 10.5 Å². The van der Waals surface area contributed by atoms with E-state index < -0.39 is 0 Å². The minimum atomic E-state index is -0.107. The van der Waals surface area contributed by atoms with Gasteiger partial charge in [-0.3, -0.25) is 4.79 Å². The van der Waals surface area contributed by atoms with E-state index in [1.807, 2.05) is 54.7 Å². The van der Waals surface area contributed by atoms with E-state index in [0.717, 1.165) is 16.6 Å². The van der Waals surface area contributed by atoms with Gasteiger partial charge in [0.05, 0.1) is 10.9 Å². The van der Waals surface area contributed by atoms with Gasteiger partial charge in [-0.25, -0.2) is 4.98 Å². The number of nitrogens with zero attached hydrogens (tertiary/aromatic N) is 2. The molecule has 0 aliphatic heterocycles. The van der Waals surface area contributed by atoms with E-state index in [1.165, 1.54) is 4.70 Å². The third-order valence-corrected chi connectivity index (χ3v) is 4.90. The number of rotatable bonds is 2. The molecular weight excluding hydrogens is 306 g/mol. The third kappa shape index (κ3) is 2.29. The Morgan fingerprint density at radius 2 is 1.91 bits per heavy atom. The number of benzene rings is 2. The van der Waals surface area contributed by atoms with E-state index in [4.69, 9.17) is 0 Å². The van der Waals surface area contributed by atoms with Crippen LogP contribution in [0.4, 0.5) is 5.69 Å². The number of aromatic amines is 1. The molecular formula is C18H15N3OS. The number of anilines is 1. The Hall–Kier alpha value is -2.66. The molecule has 0 atom stereocenters. The second-order valence-corrected chi connectivity index (χ2v) is 6.57. The fourth-order valence-electron chi connectivity index (χ4n) is 2.69. The van der Waals surface area contributed by atoms with Crippen molar-refractivity contribution in [3.05, 3.63) is 58.2 Å². The summed E-state index contributed by atoms with van der Waals surface area (Å²) >= 11 is 1.66. The minimum Gasteiger partial charge on any atom is -0.378 e. The van der Waals surface area contributed by atoms with Crippen LogP contribution in [-0.4, -0.2) is 24.1 Å². The summed E-state index contributed by atoms with van der Waals surface area (Å²) in [6.45, 7) is 0. The van der Waals surface area contributed by atoms with Crippen LogP contribution in [0.5, 0.6) is 0 Å². The Balaban J connectivity index is 1.95. The van der Waals surface area contributed by atoms with Crippen LogP contribution in [0.2, 0.25) is 0 Å². The first kappa shape index (κ1) is 14.0. The summed E-state index contributed by atoms with van der Waals surface area (Å²) in [5.74, 6) is 0.623. The molecule has 0 aliphatic carbocycles. The molecule has 0 unspecified atom stereocenters. The topological polar surface area (TPSA) is 49.0 Å². The maximum Gasteiger partial charge on any atom is 0.259 e. The first-order valence-electron chi connectivity index (χ1n) is 7.31. The molecule has 2 aromatic carbocycles. The lowest BCUT2D eigenvalue weighted by molar-refractivity contribution is 1.13. The van der Waals surface area contributed by atoms with Crippen molar-refractivity contribution in [1.29, 1.82) is 0 Å². The maximum absolute atomic E-state index is 12.5. The van der Waals surface area contributed by atoms with Crippen molar-refractivity contribution in [2.45, 2.75) is 0 Å². The quantitative estimate of drug-likeness (QED) is 0.610. The molecule has 2 aromatic heterocycles. The van der Waals surface area contributed by atoms with Gasteiger partial charge in [-0.05, 0) is 24.3 Å². The summed E-state index contributed by atoms with van der Waals surface area (Å²) in [5, 5.41) is 3.77. The van der Waals surface area contributed by atoms with E-state index in [2.05, 4.69) is 22.1 Å². The third-order valence-electron chi connectivity index (χ3n) is 3.94. The first-order valence-corrected chi connectivity index (χ1v) is 8.19. The zero-order chi connectivity index (χ0) is 16.0. The number of H-pyrrole nitrogens is 1. The van der Waals surface area contributed by atoms with Gasteiger partial charge in [0, 0.05) is 40.8 Å². The van der Waals surface area contributed by atoms with Crippen LogP contribution in [0.1, 0.15) is 0 Å². The van der Waals surface area contributed by atoms with Crippen LogP contribution in [0.15, 0.2) is 52.6 Å². The molecule has 1 N–H and O–H groups in total. The van der Waals surface area contributed by atoms with Crippen molar-refractivity contribution in [3.8, 4) is 11.4 Å². The van der Waals surface area contributed by atoms with Gasteiger partial charge in [-0.2, -0.15) is 0 Å². The zero-order valence-electron chi connectivity index (χ0n) is 12.8. The van der Waals surface area contributed by atoms with Crippen molar-refractivity contribution < 1.29 is 0 Å². The lowest BCUT2D eigenvalue weighted by Gasteiger charge is -2.12. The standard InChI is InChI=1S/C18H15N3OS/c1-21(2)11-7-8-15-13(9-11)18(22)20-17(19-15)14-10-23-16-6-4-3-5-12(14)16/h3-10H,1-2H3,(H,19,20,22). The van der Waals surface area contributed by atoms with Gasteiger partial charge in [-0.1, -0.05) is 18.2 Å². The monoisotopic (exact) mass is 321 g/mol. The molecule has 0 aliphatic rings. The largest absolute Gasteiger partial charge is 0.378 e.